The van der Waals surface area contributed by atoms with Crippen molar-refractivity contribution in [2.45, 2.75) is 33.4 Å². The average molecular weight is 308 g/mol. The molecule has 2 aromatic rings. The molecule has 0 aliphatic heterocycles. The lowest BCUT2D eigenvalue weighted by Gasteiger charge is -2.08. The SMILES string of the molecule is Cc1nn(Cc2cccc(Br)c2)c(C)c1C(C)N. The summed E-state index contributed by atoms with van der Waals surface area (Å²) >= 11 is 3.49. The molecule has 0 amide bonds. The van der Waals surface area contributed by atoms with Crippen LogP contribution in [-0.4, -0.2) is 9.78 Å². The monoisotopic (exact) mass is 307 g/mol. The largest absolute Gasteiger partial charge is 0.324 e. The van der Waals surface area contributed by atoms with Crippen LogP contribution in [0.1, 0.15) is 35.5 Å². The maximum atomic E-state index is 5.99. The average Bonchev–Trinajstić information content (AvgIpc) is 2.54. The molecule has 1 aromatic heterocycles. The molecule has 1 unspecified atom stereocenters. The molecule has 0 radical (unpaired) electrons. The Kier molecular flexibility index (Phi) is 3.88. The third-order valence-electron chi connectivity index (χ3n) is 3.11. The van der Waals surface area contributed by atoms with Crippen LogP contribution in [-0.2, 0) is 6.54 Å². The number of hydrogen-bond acceptors (Lipinski definition) is 2. The Bertz CT molecular complexity index is 558. The number of aromatic nitrogens is 2. The second-order valence-corrected chi connectivity index (χ2v) is 5.58. The normalized spacial score (nSPS) is 12.7. The summed E-state index contributed by atoms with van der Waals surface area (Å²) in [6, 6.07) is 8.31. The van der Waals surface area contributed by atoms with E-state index in [0.717, 1.165) is 28.0 Å². The van der Waals surface area contributed by atoms with Crippen LogP contribution < -0.4 is 5.73 Å². The lowest BCUT2D eigenvalue weighted by Crippen LogP contribution is -2.09. The quantitative estimate of drug-likeness (QED) is 0.945. The minimum absolute atomic E-state index is 0.0289. The molecule has 96 valence electrons. The van der Waals surface area contributed by atoms with Gasteiger partial charge in [0.1, 0.15) is 0 Å². The van der Waals surface area contributed by atoms with Crippen molar-refractivity contribution in [2.24, 2.45) is 5.73 Å². The third kappa shape index (κ3) is 2.65. The first-order chi connectivity index (χ1) is 8.49. The Hall–Kier alpha value is -1.13. The molecule has 3 nitrogen and oxygen atoms in total. The maximum Gasteiger partial charge on any atom is 0.0663 e. The number of halogens is 1. The van der Waals surface area contributed by atoms with Gasteiger partial charge in [0.25, 0.3) is 0 Å². The van der Waals surface area contributed by atoms with E-state index in [-0.39, 0.29) is 6.04 Å². The molecule has 4 heteroatoms. The zero-order valence-corrected chi connectivity index (χ0v) is 12.5. The Balaban J connectivity index is 2.33. The van der Waals surface area contributed by atoms with Crippen molar-refractivity contribution in [1.29, 1.82) is 0 Å². The van der Waals surface area contributed by atoms with Crippen molar-refractivity contribution < 1.29 is 0 Å². The van der Waals surface area contributed by atoms with E-state index < -0.39 is 0 Å². The van der Waals surface area contributed by atoms with E-state index in [2.05, 4.69) is 40.1 Å². The third-order valence-corrected chi connectivity index (χ3v) is 3.61. The maximum absolute atomic E-state index is 5.99. The summed E-state index contributed by atoms with van der Waals surface area (Å²) in [5.74, 6) is 0. The molecule has 1 heterocycles. The van der Waals surface area contributed by atoms with Gasteiger partial charge in [0.05, 0.1) is 12.2 Å². The molecule has 0 fully saturated rings. The Morgan fingerprint density at radius 2 is 2.11 bits per heavy atom. The van der Waals surface area contributed by atoms with Gasteiger partial charge >= 0.3 is 0 Å². The fourth-order valence-electron chi connectivity index (χ4n) is 2.33. The summed E-state index contributed by atoms with van der Waals surface area (Å²) in [6.45, 7) is 6.87. The van der Waals surface area contributed by atoms with E-state index in [9.17, 15) is 0 Å². The summed E-state index contributed by atoms with van der Waals surface area (Å²) in [5, 5.41) is 4.58. The second kappa shape index (κ2) is 5.24. The van der Waals surface area contributed by atoms with E-state index in [4.69, 9.17) is 5.73 Å². The van der Waals surface area contributed by atoms with E-state index >= 15 is 0 Å². The predicted octanol–water partition coefficient (Wildman–Crippen LogP) is 3.33. The lowest BCUT2D eigenvalue weighted by molar-refractivity contribution is 0.656. The van der Waals surface area contributed by atoms with E-state index in [1.54, 1.807) is 0 Å². The van der Waals surface area contributed by atoms with Crippen LogP contribution in [0.5, 0.6) is 0 Å². The van der Waals surface area contributed by atoms with Gasteiger partial charge in [0.15, 0.2) is 0 Å². The molecular formula is C14H18BrN3. The van der Waals surface area contributed by atoms with Crippen LogP contribution >= 0.6 is 15.9 Å². The van der Waals surface area contributed by atoms with Gasteiger partial charge in [0, 0.05) is 21.8 Å². The van der Waals surface area contributed by atoms with Crippen LogP contribution in [0.4, 0.5) is 0 Å². The van der Waals surface area contributed by atoms with E-state index in [1.165, 1.54) is 5.56 Å². The standard InChI is InChI=1S/C14H18BrN3/c1-9(16)14-10(2)17-18(11(14)3)8-12-5-4-6-13(15)7-12/h4-7,9H,8,16H2,1-3H3. The molecule has 0 aliphatic rings. The fraction of sp³-hybridized carbons (Fsp3) is 0.357. The summed E-state index contributed by atoms with van der Waals surface area (Å²) in [6.07, 6.45) is 0. The summed E-state index contributed by atoms with van der Waals surface area (Å²) in [4.78, 5) is 0. The molecule has 1 atom stereocenters. The van der Waals surface area contributed by atoms with Crippen LogP contribution in [0.15, 0.2) is 28.7 Å². The number of benzene rings is 1. The first kappa shape index (κ1) is 13.3. The van der Waals surface area contributed by atoms with E-state index in [1.807, 2.05) is 30.7 Å². The minimum atomic E-state index is 0.0289. The van der Waals surface area contributed by atoms with Crippen molar-refractivity contribution in [1.82, 2.24) is 9.78 Å². The molecule has 2 rings (SSSR count). The Labute approximate surface area is 116 Å². The molecular weight excluding hydrogens is 290 g/mol. The first-order valence-electron chi connectivity index (χ1n) is 6.03. The highest BCUT2D eigenvalue weighted by molar-refractivity contribution is 9.10. The van der Waals surface area contributed by atoms with Crippen molar-refractivity contribution in [3.8, 4) is 0 Å². The molecule has 2 N–H and O–H groups in total. The van der Waals surface area contributed by atoms with Gasteiger partial charge in [-0.25, -0.2) is 0 Å². The van der Waals surface area contributed by atoms with Gasteiger partial charge in [-0.2, -0.15) is 5.10 Å². The van der Waals surface area contributed by atoms with Crippen LogP contribution in [0.3, 0.4) is 0 Å². The molecule has 1 aromatic carbocycles. The van der Waals surface area contributed by atoms with Crippen LogP contribution in [0.2, 0.25) is 0 Å². The molecule has 0 bridgehead atoms. The number of nitrogens with two attached hydrogens (primary N) is 1. The Morgan fingerprint density at radius 3 is 2.67 bits per heavy atom. The molecule has 0 saturated heterocycles. The topological polar surface area (TPSA) is 43.8 Å². The van der Waals surface area contributed by atoms with E-state index in [0.29, 0.717) is 0 Å². The summed E-state index contributed by atoms with van der Waals surface area (Å²) in [7, 11) is 0. The molecule has 0 spiro atoms. The Morgan fingerprint density at radius 1 is 1.39 bits per heavy atom. The van der Waals surface area contributed by atoms with Gasteiger partial charge in [-0.3, -0.25) is 4.68 Å². The lowest BCUT2D eigenvalue weighted by atomic mass is 10.1. The fourth-order valence-corrected chi connectivity index (χ4v) is 2.78. The van der Waals surface area contributed by atoms with Gasteiger partial charge in [-0.1, -0.05) is 28.1 Å². The van der Waals surface area contributed by atoms with Crippen molar-refractivity contribution in [2.75, 3.05) is 0 Å². The predicted molar refractivity (Wildman–Crippen MR) is 77.5 cm³/mol. The van der Waals surface area contributed by atoms with Crippen molar-refractivity contribution >= 4 is 15.9 Å². The van der Waals surface area contributed by atoms with Crippen molar-refractivity contribution in [3.05, 3.63) is 51.3 Å². The highest BCUT2D eigenvalue weighted by Crippen LogP contribution is 2.21. The van der Waals surface area contributed by atoms with Gasteiger partial charge in [-0.05, 0) is 38.5 Å². The zero-order valence-electron chi connectivity index (χ0n) is 10.9. The van der Waals surface area contributed by atoms with Crippen LogP contribution in [0, 0.1) is 13.8 Å². The highest BCUT2D eigenvalue weighted by atomic mass is 79.9. The smallest absolute Gasteiger partial charge is 0.0663 e. The molecule has 0 saturated carbocycles. The number of nitrogens with zero attached hydrogens (tertiary/aromatic N) is 2. The zero-order chi connectivity index (χ0) is 13.3. The van der Waals surface area contributed by atoms with Gasteiger partial charge < -0.3 is 5.73 Å². The number of hydrogen-bond donors (Lipinski definition) is 1. The number of rotatable bonds is 3. The minimum Gasteiger partial charge on any atom is -0.324 e. The van der Waals surface area contributed by atoms with Crippen LogP contribution in [0.25, 0.3) is 0 Å². The molecule has 0 aliphatic carbocycles. The van der Waals surface area contributed by atoms with Gasteiger partial charge in [0.2, 0.25) is 0 Å². The second-order valence-electron chi connectivity index (χ2n) is 4.66. The number of aryl methyl sites for hydroxylation is 1. The molecule has 18 heavy (non-hydrogen) atoms. The highest BCUT2D eigenvalue weighted by Gasteiger charge is 2.14. The van der Waals surface area contributed by atoms with Gasteiger partial charge in [-0.15, -0.1) is 0 Å². The van der Waals surface area contributed by atoms with Crippen molar-refractivity contribution in [3.63, 3.8) is 0 Å². The first-order valence-corrected chi connectivity index (χ1v) is 6.82. The summed E-state index contributed by atoms with van der Waals surface area (Å²) < 4.78 is 3.12. The summed E-state index contributed by atoms with van der Waals surface area (Å²) in [5.41, 5.74) is 10.6.